The van der Waals surface area contributed by atoms with E-state index in [9.17, 15) is 4.79 Å². The zero-order valence-electron chi connectivity index (χ0n) is 12.5. The van der Waals surface area contributed by atoms with Crippen molar-refractivity contribution in [1.82, 2.24) is 0 Å². The molecule has 0 bridgehead atoms. The fraction of sp³-hybridized carbons (Fsp3) is 0.471. The van der Waals surface area contributed by atoms with Crippen LogP contribution in [-0.4, -0.2) is 11.1 Å². The third-order valence-corrected chi connectivity index (χ3v) is 3.63. The Balaban J connectivity index is 0.000000218. The van der Waals surface area contributed by atoms with E-state index in [0.29, 0.717) is 0 Å². The summed E-state index contributed by atoms with van der Waals surface area (Å²) in [7, 11) is 0. The normalized spacial score (nSPS) is 22.8. The molecule has 104 valence electrons. The molecule has 0 aromatic heterocycles. The Kier molecular flexibility index (Phi) is 4.93. The zero-order chi connectivity index (χ0) is 14.6. The molecule has 2 unspecified atom stereocenters. The molecule has 1 saturated carbocycles. The lowest BCUT2D eigenvalue weighted by Gasteiger charge is -1.96. The number of carbonyl (C=O) groups is 1. The molecule has 1 aromatic rings. The summed E-state index contributed by atoms with van der Waals surface area (Å²) in [4.78, 5) is 10.7. The molecule has 0 spiro atoms. The first-order chi connectivity index (χ1) is 8.76. The molecule has 1 N–H and O–H groups in total. The maximum atomic E-state index is 10.7. The summed E-state index contributed by atoms with van der Waals surface area (Å²) in [6, 6.07) is 10.3. The number of aryl methyl sites for hydroxylation is 1. The van der Waals surface area contributed by atoms with Gasteiger partial charge in [-0.1, -0.05) is 61.4 Å². The molecule has 2 rings (SSSR count). The van der Waals surface area contributed by atoms with E-state index in [1.165, 1.54) is 11.1 Å². The monoisotopic (exact) mass is 260 g/mol. The Labute approximate surface area is 116 Å². The third kappa shape index (κ3) is 4.23. The standard InChI is InChI=1S/C10H16O2.C7H8/c1-6(2)5-7-8(9(11)12)10(7,3)4;1-7-5-3-2-4-6-7/h5,7-8H,1-4H3,(H,11,12);2-6H,1H3. The average molecular weight is 260 g/mol. The van der Waals surface area contributed by atoms with Crippen LogP contribution in [0.4, 0.5) is 0 Å². The topological polar surface area (TPSA) is 37.3 Å². The number of carboxylic acid groups (broad SMARTS) is 1. The lowest BCUT2D eigenvalue weighted by molar-refractivity contribution is -0.139. The predicted octanol–water partition coefficient (Wildman–Crippen LogP) is 4.30. The van der Waals surface area contributed by atoms with Crippen LogP contribution in [0.5, 0.6) is 0 Å². The van der Waals surface area contributed by atoms with Crippen LogP contribution in [0.15, 0.2) is 42.0 Å². The second-order valence-corrected chi connectivity index (χ2v) is 6.06. The molecule has 0 aliphatic heterocycles. The molecule has 2 nitrogen and oxygen atoms in total. The van der Waals surface area contributed by atoms with Gasteiger partial charge in [-0.15, -0.1) is 0 Å². The minimum Gasteiger partial charge on any atom is -0.481 e. The molecule has 1 fully saturated rings. The van der Waals surface area contributed by atoms with Crippen LogP contribution in [-0.2, 0) is 4.79 Å². The minimum absolute atomic E-state index is 0.0386. The Morgan fingerprint density at radius 3 is 2.00 bits per heavy atom. The van der Waals surface area contributed by atoms with Crippen molar-refractivity contribution in [2.75, 3.05) is 0 Å². The number of allylic oxidation sites excluding steroid dienone is 2. The smallest absolute Gasteiger partial charge is 0.307 e. The average Bonchev–Trinajstić information content (AvgIpc) is 2.81. The van der Waals surface area contributed by atoms with Crippen LogP contribution in [0.1, 0.15) is 33.3 Å². The van der Waals surface area contributed by atoms with Gasteiger partial charge in [-0.2, -0.15) is 0 Å². The number of carboxylic acids is 1. The summed E-state index contributed by atoms with van der Waals surface area (Å²) >= 11 is 0. The molecule has 1 aliphatic carbocycles. The van der Waals surface area contributed by atoms with Crippen LogP contribution in [0.2, 0.25) is 0 Å². The lowest BCUT2D eigenvalue weighted by Crippen LogP contribution is -2.02. The second kappa shape index (κ2) is 6.05. The highest BCUT2D eigenvalue weighted by Gasteiger charge is 2.60. The van der Waals surface area contributed by atoms with E-state index < -0.39 is 5.97 Å². The highest BCUT2D eigenvalue weighted by Crippen LogP contribution is 2.59. The van der Waals surface area contributed by atoms with E-state index in [1.807, 2.05) is 45.9 Å². The molecule has 0 saturated heterocycles. The predicted molar refractivity (Wildman–Crippen MR) is 79.0 cm³/mol. The van der Waals surface area contributed by atoms with Crippen molar-refractivity contribution in [1.29, 1.82) is 0 Å². The fourth-order valence-corrected chi connectivity index (χ4v) is 2.35. The van der Waals surface area contributed by atoms with E-state index in [2.05, 4.69) is 25.1 Å². The molecule has 19 heavy (non-hydrogen) atoms. The zero-order valence-corrected chi connectivity index (χ0v) is 12.5. The summed E-state index contributed by atoms with van der Waals surface area (Å²) in [6.07, 6.45) is 2.07. The molecule has 0 amide bonds. The van der Waals surface area contributed by atoms with E-state index in [0.717, 1.165) is 0 Å². The van der Waals surface area contributed by atoms with Crippen molar-refractivity contribution in [2.24, 2.45) is 17.3 Å². The van der Waals surface area contributed by atoms with Gasteiger partial charge in [-0.3, -0.25) is 4.79 Å². The number of rotatable bonds is 2. The summed E-state index contributed by atoms with van der Waals surface area (Å²) < 4.78 is 0. The first kappa shape index (κ1) is 15.5. The van der Waals surface area contributed by atoms with Crippen LogP contribution >= 0.6 is 0 Å². The van der Waals surface area contributed by atoms with Crippen LogP contribution in [0, 0.1) is 24.2 Å². The number of hydrogen-bond acceptors (Lipinski definition) is 1. The Bertz CT molecular complexity index is 453. The van der Waals surface area contributed by atoms with Crippen molar-refractivity contribution < 1.29 is 9.90 Å². The van der Waals surface area contributed by atoms with Gasteiger partial charge in [0.15, 0.2) is 0 Å². The van der Waals surface area contributed by atoms with E-state index >= 15 is 0 Å². The first-order valence-corrected chi connectivity index (χ1v) is 6.66. The Hall–Kier alpha value is -1.57. The van der Waals surface area contributed by atoms with Crippen LogP contribution in [0.25, 0.3) is 0 Å². The molecule has 0 heterocycles. The Morgan fingerprint density at radius 2 is 1.74 bits per heavy atom. The summed E-state index contributed by atoms with van der Waals surface area (Å²) in [5.74, 6) is -0.602. The van der Waals surface area contributed by atoms with Gasteiger partial charge in [0.2, 0.25) is 0 Å². The SMILES string of the molecule is CC(C)=CC1C(C(=O)O)C1(C)C.Cc1ccccc1. The van der Waals surface area contributed by atoms with Gasteiger partial charge >= 0.3 is 5.97 Å². The lowest BCUT2D eigenvalue weighted by atomic mass is 10.1. The number of aliphatic carboxylic acids is 1. The highest BCUT2D eigenvalue weighted by molar-refractivity contribution is 5.76. The van der Waals surface area contributed by atoms with E-state index in [4.69, 9.17) is 5.11 Å². The molecular weight excluding hydrogens is 236 g/mol. The summed E-state index contributed by atoms with van der Waals surface area (Å²) in [6.45, 7) is 10.1. The van der Waals surface area contributed by atoms with E-state index in [-0.39, 0.29) is 17.3 Å². The van der Waals surface area contributed by atoms with Gasteiger partial charge in [-0.25, -0.2) is 0 Å². The van der Waals surface area contributed by atoms with Gasteiger partial charge in [0, 0.05) is 0 Å². The van der Waals surface area contributed by atoms with Crippen LogP contribution in [0.3, 0.4) is 0 Å². The number of hydrogen-bond donors (Lipinski definition) is 1. The number of benzene rings is 1. The minimum atomic E-state index is -0.664. The summed E-state index contributed by atoms with van der Waals surface area (Å²) in [5, 5.41) is 8.84. The third-order valence-electron chi connectivity index (χ3n) is 3.63. The quantitative estimate of drug-likeness (QED) is 0.805. The van der Waals surface area contributed by atoms with Crippen molar-refractivity contribution in [3.05, 3.63) is 47.5 Å². The molecular formula is C17H24O2. The molecule has 1 aromatic carbocycles. The first-order valence-electron chi connectivity index (χ1n) is 6.66. The molecule has 0 radical (unpaired) electrons. The second-order valence-electron chi connectivity index (χ2n) is 6.06. The molecule has 1 aliphatic rings. The fourth-order valence-electron chi connectivity index (χ4n) is 2.35. The van der Waals surface area contributed by atoms with Gasteiger partial charge < -0.3 is 5.11 Å². The van der Waals surface area contributed by atoms with Gasteiger partial charge in [0.05, 0.1) is 5.92 Å². The maximum Gasteiger partial charge on any atom is 0.307 e. The Morgan fingerprint density at radius 1 is 1.21 bits per heavy atom. The molecule has 2 atom stereocenters. The van der Waals surface area contributed by atoms with Gasteiger partial charge in [0.1, 0.15) is 0 Å². The van der Waals surface area contributed by atoms with Crippen molar-refractivity contribution in [3.63, 3.8) is 0 Å². The van der Waals surface area contributed by atoms with Crippen molar-refractivity contribution >= 4 is 5.97 Å². The van der Waals surface area contributed by atoms with Gasteiger partial charge in [0.25, 0.3) is 0 Å². The van der Waals surface area contributed by atoms with E-state index in [1.54, 1.807) is 0 Å². The summed E-state index contributed by atoms with van der Waals surface area (Å²) in [5.41, 5.74) is 2.49. The molecule has 2 heteroatoms. The maximum absolute atomic E-state index is 10.7. The van der Waals surface area contributed by atoms with Crippen molar-refractivity contribution in [2.45, 2.75) is 34.6 Å². The van der Waals surface area contributed by atoms with Gasteiger partial charge in [-0.05, 0) is 32.1 Å². The van der Waals surface area contributed by atoms with Crippen molar-refractivity contribution in [3.8, 4) is 0 Å². The highest BCUT2D eigenvalue weighted by atomic mass is 16.4. The van der Waals surface area contributed by atoms with Crippen LogP contribution < -0.4 is 0 Å². The largest absolute Gasteiger partial charge is 0.481 e.